The van der Waals surface area contributed by atoms with Crippen LogP contribution in [0.3, 0.4) is 0 Å². The van der Waals surface area contributed by atoms with Crippen LogP contribution in [0.5, 0.6) is 0 Å². The number of hydrogen-bond donors (Lipinski definition) is 0. The molecular formula is C12H15BrN4O2S2. The number of hydrogen-bond acceptors (Lipinski definition) is 5. The van der Waals surface area contributed by atoms with Gasteiger partial charge in [-0.3, -0.25) is 0 Å². The molecule has 1 aliphatic heterocycles. The lowest BCUT2D eigenvalue weighted by molar-refractivity contribution is 0.306. The Labute approximate surface area is 136 Å². The molecule has 1 atom stereocenters. The molecule has 2 aromatic rings. The Bertz CT molecular complexity index is 740. The minimum Gasteiger partial charge on any atom is -0.320 e. The van der Waals surface area contributed by atoms with Crippen molar-refractivity contribution in [1.82, 2.24) is 19.1 Å². The Morgan fingerprint density at radius 1 is 1.48 bits per heavy atom. The maximum Gasteiger partial charge on any atom is 0.253 e. The number of aromatic nitrogens is 3. The van der Waals surface area contributed by atoms with E-state index in [4.69, 9.17) is 0 Å². The largest absolute Gasteiger partial charge is 0.320 e. The predicted octanol–water partition coefficient (Wildman–Crippen LogP) is 2.21. The highest BCUT2D eigenvalue weighted by Crippen LogP contribution is 2.34. The van der Waals surface area contributed by atoms with Gasteiger partial charge in [-0.25, -0.2) is 8.42 Å². The van der Waals surface area contributed by atoms with Gasteiger partial charge < -0.3 is 4.57 Å². The molecule has 0 aromatic carbocycles. The molecular weight excluding hydrogens is 376 g/mol. The lowest BCUT2D eigenvalue weighted by Gasteiger charge is -2.31. The van der Waals surface area contributed by atoms with Crippen molar-refractivity contribution >= 4 is 37.3 Å². The summed E-state index contributed by atoms with van der Waals surface area (Å²) < 4.78 is 29.9. The molecule has 0 bridgehead atoms. The quantitative estimate of drug-likeness (QED) is 0.805. The Morgan fingerprint density at radius 2 is 2.29 bits per heavy atom. The Kier molecular flexibility index (Phi) is 4.17. The van der Waals surface area contributed by atoms with Crippen molar-refractivity contribution in [3.63, 3.8) is 0 Å². The number of thiophene rings is 1. The van der Waals surface area contributed by atoms with E-state index in [1.165, 1.54) is 11.3 Å². The molecule has 1 unspecified atom stereocenters. The zero-order valence-corrected chi connectivity index (χ0v) is 14.7. The second-order valence-electron chi connectivity index (χ2n) is 5.06. The molecule has 1 aliphatic rings. The molecule has 0 aliphatic carbocycles. The van der Waals surface area contributed by atoms with Gasteiger partial charge in [-0.1, -0.05) is 0 Å². The molecule has 21 heavy (non-hydrogen) atoms. The Hall–Kier alpha value is -0.770. The van der Waals surface area contributed by atoms with Crippen molar-refractivity contribution in [3.05, 3.63) is 28.1 Å². The number of nitrogens with zero attached hydrogens (tertiary/aromatic N) is 4. The van der Waals surface area contributed by atoms with Crippen LogP contribution in [0, 0.1) is 0 Å². The van der Waals surface area contributed by atoms with E-state index in [-0.39, 0.29) is 5.92 Å². The summed E-state index contributed by atoms with van der Waals surface area (Å²) in [5.74, 6) is 0.944. The van der Waals surface area contributed by atoms with E-state index in [9.17, 15) is 8.42 Å². The van der Waals surface area contributed by atoms with Crippen LogP contribution in [-0.2, 0) is 17.1 Å². The van der Waals surface area contributed by atoms with Crippen molar-refractivity contribution in [1.29, 1.82) is 0 Å². The first-order valence-electron chi connectivity index (χ1n) is 6.57. The molecule has 3 rings (SSSR count). The van der Waals surface area contributed by atoms with E-state index in [1.54, 1.807) is 22.1 Å². The molecule has 0 spiro atoms. The number of sulfonamides is 1. The van der Waals surface area contributed by atoms with Crippen LogP contribution in [0.2, 0.25) is 0 Å². The van der Waals surface area contributed by atoms with E-state index < -0.39 is 10.0 Å². The molecule has 2 aromatic heterocycles. The van der Waals surface area contributed by atoms with Crippen LogP contribution in [0.1, 0.15) is 24.6 Å². The fourth-order valence-electron chi connectivity index (χ4n) is 2.61. The number of rotatable bonds is 3. The molecule has 0 radical (unpaired) electrons. The van der Waals surface area contributed by atoms with Gasteiger partial charge in [0.2, 0.25) is 0 Å². The lowest BCUT2D eigenvalue weighted by atomic mass is 9.99. The lowest BCUT2D eigenvalue weighted by Crippen LogP contribution is -2.39. The van der Waals surface area contributed by atoms with Gasteiger partial charge in [-0.05, 0) is 40.2 Å². The normalized spacial score (nSPS) is 20.8. The van der Waals surface area contributed by atoms with Gasteiger partial charge in [0, 0.05) is 30.5 Å². The fraction of sp³-hybridized carbons (Fsp3) is 0.500. The Balaban J connectivity index is 1.87. The third-order valence-electron chi connectivity index (χ3n) is 3.65. The summed E-state index contributed by atoms with van der Waals surface area (Å²) >= 11 is 4.55. The monoisotopic (exact) mass is 390 g/mol. The minimum absolute atomic E-state index is 0.0970. The molecule has 0 amide bonds. The Morgan fingerprint density at radius 3 is 2.90 bits per heavy atom. The first kappa shape index (κ1) is 15.1. The molecule has 9 heteroatoms. The van der Waals surface area contributed by atoms with Crippen molar-refractivity contribution in [3.8, 4) is 0 Å². The van der Waals surface area contributed by atoms with Crippen LogP contribution < -0.4 is 0 Å². The maximum absolute atomic E-state index is 12.7. The minimum atomic E-state index is -3.44. The van der Waals surface area contributed by atoms with Gasteiger partial charge in [0.25, 0.3) is 10.0 Å². The second-order valence-corrected chi connectivity index (χ2v) is 8.96. The summed E-state index contributed by atoms with van der Waals surface area (Å²) in [4.78, 5) is 0. The van der Waals surface area contributed by atoms with Crippen LogP contribution in [-0.4, -0.2) is 40.6 Å². The van der Waals surface area contributed by atoms with Gasteiger partial charge in [-0.2, -0.15) is 4.31 Å². The first-order chi connectivity index (χ1) is 10.00. The number of aryl methyl sites for hydroxylation is 1. The zero-order chi connectivity index (χ0) is 15.0. The maximum atomic E-state index is 12.7. The highest BCUT2D eigenvalue weighted by molar-refractivity contribution is 9.10. The summed E-state index contributed by atoms with van der Waals surface area (Å²) in [6, 6.07) is 1.77. The van der Waals surface area contributed by atoms with Crippen LogP contribution in [0.25, 0.3) is 0 Å². The van der Waals surface area contributed by atoms with Gasteiger partial charge in [-0.15, -0.1) is 21.5 Å². The predicted molar refractivity (Wildman–Crippen MR) is 83.8 cm³/mol. The topological polar surface area (TPSA) is 68.1 Å². The van der Waals surface area contributed by atoms with Crippen molar-refractivity contribution in [2.75, 3.05) is 13.1 Å². The molecule has 1 saturated heterocycles. The smallest absolute Gasteiger partial charge is 0.253 e. The van der Waals surface area contributed by atoms with Crippen molar-refractivity contribution < 1.29 is 8.42 Å². The number of halogens is 1. The van der Waals surface area contributed by atoms with Gasteiger partial charge in [0.15, 0.2) is 0 Å². The summed E-state index contributed by atoms with van der Waals surface area (Å²) in [7, 11) is -1.55. The second kappa shape index (κ2) is 5.79. The third kappa shape index (κ3) is 2.79. The van der Waals surface area contributed by atoms with Gasteiger partial charge in [0.05, 0.1) is 0 Å². The molecule has 114 valence electrons. The van der Waals surface area contributed by atoms with Gasteiger partial charge >= 0.3 is 0 Å². The molecule has 0 saturated carbocycles. The summed E-state index contributed by atoms with van der Waals surface area (Å²) in [5, 5.41) is 9.79. The third-order valence-corrected chi connectivity index (χ3v) is 8.17. The average Bonchev–Trinajstić information content (AvgIpc) is 3.07. The standard InChI is InChI=1S/C12H15BrN4O2S2/c1-16-8-14-15-11(16)9-3-2-5-17(7-9)21(18,19)12-10(13)4-6-20-12/h4,6,8-9H,2-3,5,7H2,1H3. The SMILES string of the molecule is Cn1cnnc1C1CCCN(S(=O)(=O)c2sccc2Br)C1. The molecule has 1 fully saturated rings. The summed E-state index contributed by atoms with van der Waals surface area (Å²) in [6.07, 6.45) is 3.42. The highest BCUT2D eigenvalue weighted by Gasteiger charge is 2.34. The van der Waals surface area contributed by atoms with E-state index in [0.29, 0.717) is 21.8 Å². The van der Waals surface area contributed by atoms with Crippen molar-refractivity contribution in [2.24, 2.45) is 7.05 Å². The first-order valence-corrected chi connectivity index (χ1v) is 9.68. The molecule has 6 nitrogen and oxygen atoms in total. The average molecular weight is 391 g/mol. The summed E-state index contributed by atoms with van der Waals surface area (Å²) in [6.45, 7) is 1.01. The molecule has 0 N–H and O–H groups in total. The van der Waals surface area contributed by atoms with Gasteiger partial charge in [0.1, 0.15) is 16.4 Å². The van der Waals surface area contributed by atoms with Crippen LogP contribution in [0.15, 0.2) is 26.5 Å². The van der Waals surface area contributed by atoms with E-state index in [0.717, 1.165) is 18.7 Å². The van der Waals surface area contributed by atoms with Crippen LogP contribution in [0.4, 0.5) is 0 Å². The van der Waals surface area contributed by atoms with E-state index in [2.05, 4.69) is 26.1 Å². The highest BCUT2D eigenvalue weighted by atomic mass is 79.9. The zero-order valence-electron chi connectivity index (χ0n) is 11.4. The number of piperidine rings is 1. The van der Waals surface area contributed by atoms with Crippen LogP contribution >= 0.6 is 27.3 Å². The summed E-state index contributed by atoms with van der Waals surface area (Å²) in [5.41, 5.74) is 0. The fourth-order valence-corrected chi connectivity index (χ4v) is 6.59. The van der Waals surface area contributed by atoms with E-state index >= 15 is 0 Å². The van der Waals surface area contributed by atoms with Crippen molar-refractivity contribution in [2.45, 2.75) is 23.0 Å². The molecule has 3 heterocycles. The van der Waals surface area contributed by atoms with E-state index in [1.807, 2.05) is 11.6 Å².